The molecule has 3 aromatic rings. The van der Waals surface area contributed by atoms with Gasteiger partial charge in [0.05, 0.1) is 4.90 Å². The number of hydrogen-bond donors (Lipinski definition) is 2. The van der Waals surface area contributed by atoms with Gasteiger partial charge in [0.2, 0.25) is 0 Å². The molecule has 0 unspecified atom stereocenters. The van der Waals surface area contributed by atoms with E-state index in [4.69, 9.17) is 0 Å². The van der Waals surface area contributed by atoms with E-state index in [2.05, 4.69) is 26.0 Å². The summed E-state index contributed by atoms with van der Waals surface area (Å²) < 4.78 is 28.2. The van der Waals surface area contributed by atoms with Gasteiger partial charge in [-0.15, -0.1) is 11.3 Å². The Morgan fingerprint density at radius 2 is 1.81 bits per heavy atom. The number of hydrogen-bond acceptors (Lipinski definition) is 4. The molecule has 140 valence electrons. The van der Waals surface area contributed by atoms with Gasteiger partial charge in [-0.05, 0) is 60.3 Å². The topological polar surface area (TPSA) is 75.3 Å². The lowest BCUT2D eigenvalue weighted by Crippen LogP contribution is -2.25. The van der Waals surface area contributed by atoms with Crippen molar-refractivity contribution in [2.75, 3.05) is 11.3 Å². The van der Waals surface area contributed by atoms with Crippen LogP contribution in [-0.4, -0.2) is 20.9 Å². The van der Waals surface area contributed by atoms with Crippen LogP contribution >= 0.6 is 27.3 Å². The molecule has 0 aliphatic carbocycles. The highest BCUT2D eigenvalue weighted by atomic mass is 79.9. The van der Waals surface area contributed by atoms with Crippen LogP contribution in [-0.2, 0) is 16.4 Å². The second-order valence-corrected chi connectivity index (χ2v) is 9.36. The van der Waals surface area contributed by atoms with E-state index in [1.807, 2.05) is 17.5 Å². The molecule has 0 atom stereocenters. The standard InChI is InChI=1S/C19H17BrN2O3S2/c20-15-6-8-18(9-7-15)27(24,25)22-16-4-1-3-14(13-16)19(23)21-11-10-17-5-2-12-26-17/h1-9,12-13,22H,10-11H2,(H,21,23). The second kappa shape index (κ2) is 8.69. The first-order chi connectivity index (χ1) is 12.9. The summed E-state index contributed by atoms with van der Waals surface area (Å²) in [5, 5.41) is 4.85. The van der Waals surface area contributed by atoms with Crippen LogP contribution in [0.1, 0.15) is 15.2 Å². The van der Waals surface area contributed by atoms with Crippen LogP contribution in [0.5, 0.6) is 0 Å². The molecule has 0 aliphatic rings. The van der Waals surface area contributed by atoms with Gasteiger partial charge in [-0.1, -0.05) is 28.1 Å². The van der Waals surface area contributed by atoms with Crippen molar-refractivity contribution in [2.45, 2.75) is 11.3 Å². The van der Waals surface area contributed by atoms with Gasteiger partial charge in [-0.2, -0.15) is 0 Å². The van der Waals surface area contributed by atoms with Crippen LogP contribution in [0.25, 0.3) is 0 Å². The van der Waals surface area contributed by atoms with Gasteiger partial charge in [-0.25, -0.2) is 8.42 Å². The highest BCUT2D eigenvalue weighted by Gasteiger charge is 2.15. The summed E-state index contributed by atoms with van der Waals surface area (Å²) in [7, 11) is -3.72. The number of nitrogens with one attached hydrogen (secondary N) is 2. The predicted molar refractivity (Wildman–Crippen MR) is 112 cm³/mol. The van der Waals surface area contributed by atoms with Crippen LogP contribution in [0.15, 0.2) is 75.4 Å². The Kier molecular flexibility index (Phi) is 6.30. The molecule has 27 heavy (non-hydrogen) atoms. The summed E-state index contributed by atoms with van der Waals surface area (Å²) >= 11 is 4.93. The molecule has 0 bridgehead atoms. The molecule has 0 saturated heterocycles. The zero-order valence-corrected chi connectivity index (χ0v) is 17.4. The Balaban J connectivity index is 1.65. The van der Waals surface area contributed by atoms with Gasteiger partial charge in [0.15, 0.2) is 0 Å². The maximum Gasteiger partial charge on any atom is 0.261 e. The maximum atomic E-state index is 12.5. The molecule has 5 nitrogen and oxygen atoms in total. The largest absolute Gasteiger partial charge is 0.352 e. The zero-order valence-electron chi connectivity index (χ0n) is 14.2. The Morgan fingerprint density at radius 3 is 2.52 bits per heavy atom. The third-order valence-electron chi connectivity index (χ3n) is 3.74. The van der Waals surface area contributed by atoms with E-state index in [0.29, 0.717) is 17.8 Å². The van der Waals surface area contributed by atoms with E-state index in [0.717, 1.165) is 10.9 Å². The first kappa shape index (κ1) is 19.6. The van der Waals surface area contributed by atoms with Crippen LogP contribution in [0.4, 0.5) is 5.69 Å². The van der Waals surface area contributed by atoms with E-state index in [9.17, 15) is 13.2 Å². The smallest absolute Gasteiger partial charge is 0.261 e. The molecule has 1 amide bonds. The van der Waals surface area contributed by atoms with Crippen molar-refractivity contribution in [3.8, 4) is 0 Å². The lowest BCUT2D eigenvalue weighted by Gasteiger charge is -2.10. The van der Waals surface area contributed by atoms with E-state index in [-0.39, 0.29) is 10.8 Å². The Morgan fingerprint density at radius 1 is 1.04 bits per heavy atom. The first-order valence-electron chi connectivity index (χ1n) is 8.13. The number of anilines is 1. The highest BCUT2D eigenvalue weighted by molar-refractivity contribution is 9.10. The average molecular weight is 465 g/mol. The van der Waals surface area contributed by atoms with Gasteiger partial charge < -0.3 is 5.32 Å². The van der Waals surface area contributed by atoms with E-state index >= 15 is 0 Å². The average Bonchev–Trinajstić information content (AvgIpc) is 3.15. The fourth-order valence-electron chi connectivity index (χ4n) is 2.41. The molecule has 8 heteroatoms. The summed E-state index contributed by atoms with van der Waals surface area (Å²) in [6.45, 7) is 0.522. The monoisotopic (exact) mass is 464 g/mol. The number of carbonyl (C=O) groups excluding carboxylic acids is 1. The minimum absolute atomic E-state index is 0.150. The molecule has 2 N–H and O–H groups in total. The van der Waals surface area contributed by atoms with Crippen LogP contribution in [0.3, 0.4) is 0 Å². The zero-order chi connectivity index (χ0) is 19.3. The van der Waals surface area contributed by atoms with E-state index < -0.39 is 10.0 Å². The Bertz CT molecular complexity index is 1020. The minimum Gasteiger partial charge on any atom is -0.352 e. The number of rotatable bonds is 7. The Hall–Kier alpha value is -2.16. The van der Waals surface area contributed by atoms with Gasteiger partial charge in [-0.3, -0.25) is 9.52 Å². The molecule has 1 aromatic heterocycles. The summed E-state index contributed by atoms with van der Waals surface area (Å²) in [5.41, 5.74) is 0.737. The number of halogens is 1. The Labute approximate surface area is 170 Å². The minimum atomic E-state index is -3.72. The molecule has 1 heterocycles. The van der Waals surface area contributed by atoms with Crippen LogP contribution in [0.2, 0.25) is 0 Å². The molecule has 0 spiro atoms. The van der Waals surface area contributed by atoms with Crippen molar-refractivity contribution in [3.63, 3.8) is 0 Å². The summed E-state index contributed by atoms with van der Waals surface area (Å²) in [5.74, 6) is -0.240. The van der Waals surface area contributed by atoms with E-state index in [1.165, 1.54) is 23.1 Å². The van der Waals surface area contributed by atoms with Crippen LogP contribution < -0.4 is 10.0 Å². The highest BCUT2D eigenvalue weighted by Crippen LogP contribution is 2.19. The molecule has 3 rings (SSSR count). The number of carbonyl (C=O) groups is 1. The van der Waals surface area contributed by atoms with Crippen molar-refractivity contribution in [1.29, 1.82) is 0 Å². The predicted octanol–water partition coefficient (Wildman–Crippen LogP) is 4.28. The van der Waals surface area contributed by atoms with Crippen LogP contribution in [0, 0.1) is 0 Å². The molecular formula is C19H17BrN2O3S2. The fraction of sp³-hybridized carbons (Fsp3) is 0.105. The molecule has 0 fully saturated rings. The summed E-state index contributed by atoms with van der Waals surface area (Å²) in [4.78, 5) is 13.7. The van der Waals surface area contributed by atoms with Crippen molar-refractivity contribution in [3.05, 3.63) is 81.0 Å². The van der Waals surface area contributed by atoms with E-state index in [1.54, 1.807) is 41.7 Å². The maximum absolute atomic E-state index is 12.5. The fourth-order valence-corrected chi connectivity index (χ4v) is 4.43. The van der Waals surface area contributed by atoms with Crippen molar-refractivity contribution >= 4 is 48.9 Å². The van der Waals surface area contributed by atoms with Gasteiger partial charge in [0.25, 0.3) is 15.9 Å². The SMILES string of the molecule is O=C(NCCc1cccs1)c1cccc(NS(=O)(=O)c2ccc(Br)cc2)c1. The normalized spacial score (nSPS) is 11.1. The molecule has 0 saturated carbocycles. The molecule has 2 aromatic carbocycles. The molecule has 0 radical (unpaired) electrons. The van der Waals surface area contributed by atoms with Crippen molar-refractivity contribution < 1.29 is 13.2 Å². The molecule has 0 aliphatic heterocycles. The third-order valence-corrected chi connectivity index (χ3v) is 6.60. The van der Waals surface area contributed by atoms with Gasteiger partial charge >= 0.3 is 0 Å². The lowest BCUT2D eigenvalue weighted by molar-refractivity contribution is 0.0954. The quantitative estimate of drug-likeness (QED) is 0.547. The second-order valence-electron chi connectivity index (χ2n) is 5.73. The van der Waals surface area contributed by atoms with Crippen molar-refractivity contribution in [1.82, 2.24) is 5.32 Å². The third kappa shape index (κ3) is 5.41. The number of amides is 1. The first-order valence-corrected chi connectivity index (χ1v) is 11.3. The summed E-state index contributed by atoms with van der Waals surface area (Å²) in [6, 6.07) is 16.8. The molecular weight excluding hydrogens is 448 g/mol. The van der Waals surface area contributed by atoms with Gasteiger partial charge in [0.1, 0.15) is 0 Å². The lowest BCUT2D eigenvalue weighted by atomic mass is 10.2. The van der Waals surface area contributed by atoms with Gasteiger partial charge in [0, 0.05) is 27.1 Å². The number of sulfonamides is 1. The summed E-state index contributed by atoms with van der Waals surface area (Å²) in [6.07, 6.45) is 0.763. The van der Waals surface area contributed by atoms with Crippen molar-refractivity contribution in [2.24, 2.45) is 0 Å². The number of thiophene rings is 1. The number of benzene rings is 2.